The highest BCUT2D eigenvalue weighted by atomic mass is 32.1. The van der Waals surface area contributed by atoms with Crippen molar-refractivity contribution in [1.82, 2.24) is 9.97 Å². The van der Waals surface area contributed by atoms with E-state index in [1.54, 1.807) is 11.3 Å². The second-order valence-corrected chi connectivity index (χ2v) is 7.88. The zero-order chi connectivity index (χ0) is 18.5. The number of Topliss-reactive ketones (excluding diaryl/α,β-unsaturated/α-hetero) is 1. The van der Waals surface area contributed by atoms with Crippen molar-refractivity contribution >= 4 is 43.8 Å². The van der Waals surface area contributed by atoms with Gasteiger partial charge in [-0.15, -0.1) is 11.3 Å². The van der Waals surface area contributed by atoms with Crippen molar-refractivity contribution in [3.8, 4) is 11.3 Å². The third-order valence-corrected chi connectivity index (χ3v) is 6.09. The van der Waals surface area contributed by atoms with E-state index in [1.807, 2.05) is 17.6 Å². The van der Waals surface area contributed by atoms with Crippen LogP contribution >= 0.6 is 11.3 Å². The zero-order valence-corrected chi connectivity index (χ0v) is 15.7. The summed E-state index contributed by atoms with van der Waals surface area (Å²) in [7, 11) is 0. The van der Waals surface area contributed by atoms with Crippen molar-refractivity contribution in [1.29, 1.82) is 0 Å². The minimum Gasteiger partial charge on any atom is -0.512 e. The molecule has 0 radical (unpaired) electrons. The van der Waals surface area contributed by atoms with Gasteiger partial charge in [-0.05, 0) is 31.0 Å². The largest absolute Gasteiger partial charge is 0.512 e. The lowest BCUT2D eigenvalue weighted by atomic mass is 9.88. The van der Waals surface area contributed by atoms with E-state index < -0.39 is 0 Å². The van der Waals surface area contributed by atoms with Crippen LogP contribution in [-0.2, 0) is 4.79 Å². The van der Waals surface area contributed by atoms with E-state index >= 15 is 0 Å². The average Bonchev–Trinajstić information content (AvgIpc) is 3.26. The van der Waals surface area contributed by atoms with Gasteiger partial charge in [0.15, 0.2) is 5.78 Å². The molecule has 4 nitrogen and oxygen atoms in total. The summed E-state index contributed by atoms with van der Waals surface area (Å²) in [5.74, 6) is 0.205. The first kappa shape index (κ1) is 16.3. The Morgan fingerprint density at radius 2 is 1.93 bits per heavy atom. The molecule has 0 bridgehead atoms. The maximum Gasteiger partial charge on any atom is 0.166 e. The van der Waals surface area contributed by atoms with E-state index in [2.05, 4.69) is 41.2 Å². The molecule has 1 aliphatic carbocycles. The lowest BCUT2D eigenvalue weighted by Gasteiger charge is -2.16. The summed E-state index contributed by atoms with van der Waals surface area (Å²) in [5.41, 5.74) is 8.02. The number of hydrogen-bond acceptors (Lipinski definition) is 4. The summed E-state index contributed by atoms with van der Waals surface area (Å²) >= 11 is 1.56. The van der Waals surface area contributed by atoms with E-state index in [4.69, 9.17) is 0 Å². The number of H-pyrrole nitrogens is 1. The number of nitrogens with zero attached hydrogens (tertiary/aromatic N) is 1. The fourth-order valence-electron chi connectivity index (χ4n) is 3.90. The number of aromatic amines is 1. The third kappa shape index (κ3) is 2.50. The Bertz CT molecular complexity index is 1230. The van der Waals surface area contributed by atoms with Gasteiger partial charge in [0.2, 0.25) is 0 Å². The molecule has 4 aromatic rings. The fourth-order valence-corrected chi connectivity index (χ4v) is 4.74. The summed E-state index contributed by atoms with van der Waals surface area (Å²) in [6, 6.07) is 12.2. The van der Waals surface area contributed by atoms with E-state index in [-0.39, 0.29) is 11.5 Å². The van der Waals surface area contributed by atoms with Crippen molar-refractivity contribution in [2.24, 2.45) is 0 Å². The highest BCUT2D eigenvalue weighted by Gasteiger charge is 2.28. The van der Waals surface area contributed by atoms with Crippen LogP contribution in [-0.4, -0.2) is 20.9 Å². The summed E-state index contributed by atoms with van der Waals surface area (Å²) in [4.78, 5) is 20.7. The van der Waals surface area contributed by atoms with Gasteiger partial charge < -0.3 is 10.1 Å². The minimum atomic E-state index is 0.00882. The molecule has 1 aliphatic rings. The van der Waals surface area contributed by atoms with Crippen LogP contribution in [0.4, 0.5) is 0 Å². The highest BCUT2D eigenvalue weighted by molar-refractivity contribution is 7.17. The lowest BCUT2D eigenvalue weighted by Crippen LogP contribution is -2.11. The molecule has 2 aromatic carbocycles. The summed E-state index contributed by atoms with van der Waals surface area (Å²) in [6.07, 6.45) is 1.71. The first-order chi connectivity index (χ1) is 13.1. The normalized spacial score (nSPS) is 15.2. The monoisotopic (exact) mass is 374 g/mol. The van der Waals surface area contributed by atoms with Crippen LogP contribution in [0, 0.1) is 6.92 Å². The van der Waals surface area contributed by atoms with Crippen LogP contribution in [0.1, 0.15) is 30.4 Å². The Labute approximate surface area is 160 Å². The van der Waals surface area contributed by atoms with Crippen LogP contribution in [0.2, 0.25) is 0 Å². The molecule has 0 spiro atoms. The first-order valence-electron chi connectivity index (χ1n) is 9.04. The molecule has 2 aromatic heterocycles. The van der Waals surface area contributed by atoms with E-state index in [9.17, 15) is 9.90 Å². The molecule has 5 rings (SSSR count). The molecular weight excluding hydrogens is 356 g/mol. The zero-order valence-electron chi connectivity index (χ0n) is 14.9. The topological polar surface area (TPSA) is 66.0 Å². The van der Waals surface area contributed by atoms with E-state index in [0.29, 0.717) is 24.8 Å². The molecule has 0 aliphatic heterocycles. The molecule has 0 fully saturated rings. The Morgan fingerprint density at radius 1 is 1.11 bits per heavy atom. The number of aromatic nitrogens is 2. The molecule has 27 heavy (non-hydrogen) atoms. The average molecular weight is 374 g/mol. The van der Waals surface area contributed by atoms with Crippen LogP contribution in [0.5, 0.6) is 0 Å². The first-order valence-corrected chi connectivity index (χ1v) is 9.92. The Kier molecular flexibility index (Phi) is 3.65. The molecule has 0 saturated carbocycles. The predicted octanol–water partition coefficient (Wildman–Crippen LogP) is 5.78. The number of aliphatic hydroxyl groups is 1. The maximum atomic E-state index is 12.8. The summed E-state index contributed by atoms with van der Waals surface area (Å²) in [6.45, 7) is 2.05. The number of allylic oxidation sites excluding steroid dienone is 2. The molecular formula is C22H18N2O2S. The van der Waals surface area contributed by atoms with Crippen molar-refractivity contribution < 1.29 is 9.90 Å². The van der Waals surface area contributed by atoms with Crippen molar-refractivity contribution in [2.45, 2.75) is 26.2 Å². The number of aryl methyl sites for hydroxylation is 1. The van der Waals surface area contributed by atoms with Gasteiger partial charge in [-0.3, -0.25) is 4.79 Å². The molecule has 0 saturated heterocycles. The van der Waals surface area contributed by atoms with Crippen molar-refractivity contribution in [2.75, 3.05) is 0 Å². The summed E-state index contributed by atoms with van der Waals surface area (Å²) < 4.78 is 1.04. The lowest BCUT2D eigenvalue weighted by molar-refractivity contribution is -0.114. The van der Waals surface area contributed by atoms with Crippen LogP contribution in [0.3, 0.4) is 0 Å². The number of ketones is 1. The molecule has 0 unspecified atom stereocenters. The highest BCUT2D eigenvalue weighted by Crippen LogP contribution is 2.43. The van der Waals surface area contributed by atoms with Crippen molar-refractivity contribution in [3.63, 3.8) is 0 Å². The Morgan fingerprint density at radius 3 is 2.70 bits per heavy atom. The smallest absolute Gasteiger partial charge is 0.166 e. The summed E-state index contributed by atoms with van der Waals surface area (Å²) in [5, 5.41) is 11.6. The van der Waals surface area contributed by atoms with Crippen LogP contribution in [0.25, 0.3) is 38.0 Å². The number of aliphatic hydroxyl groups excluding tert-OH is 1. The quantitative estimate of drug-likeness (QED) is 0.468. The standard InChI is InChI=1S/C22H18N2O2S/c1-12-5-7-13(8-6-12)21-20(19-16(25)3-2-4-17(19)26)18-14(24-21)9-10-15-22(18)27-11-23-15/h5-11,24-25H,2-4H2,1H3. The van der Waals surface area contributed by atoms with E-state index in [0.717, 1.165) is 37.9 Å². The number of nitrogens with one attached hydrogen (secondary N) is 1. The Balaban J connectivity index is 1.92. The molecule has 5 heteroatoms. The number of hydrogen-bond donors (Lipinski definition) is 2. The van der Waals surface area contributed by atoms with Gasteiger partial charge in [0.25, 0.3) is 0 Å². The maximum absolute atomic E-state index is 12.8. The van der Waals surface area contributed by atoms with Crippen molar-refractivity contribution in [3.05, 3.63) is 58.8 Å². The SMILES string of the molecule is Cc1ccc(-c2[nH]c3ccc4ncsc4c3c2C2=C(O)CCCC2=O)cc1. The number of fused-ring (bicyclic) bond motifs is 3. The molecule has 2 heterocycles. The molecule has 134 valence electrons. The van der Waals surface area contributed by atoms with Gasteiger partial charge in [-0.2, -0.15) is 0 Å². The Hall–Kier alpha value is -2.92. The van der Waals surface area contributed by atoms with Gasteiger partial charge in [-0.25, -0.2) is 4.98 Å². The van der Waals surface area contributed by atoms with Crippen LogP contribution < -0.4 is 0 Å². The molecule has 2 N–H and O–H groups in total. The van der Waals surface area contributed by atoms with Gasteiger partial charge in [-0.1, -0.05) is 29.8 Å². The van der Waals surface area contributed by atoms with Crippen LogP contribution in [0.15, 0.2) is 47.7 Å². The minimum absolute atomic E-state index is 0.00882. The van der Waals surface area contributed by atoms with Gasteiger partial charge >= 0.3 is 0 Å². The second-order valence-electron chi connectivity index (χ2n) is 7.03. The van der Waals surface area contributed by atoms with Gasteiger partial charge in [0.05, 0.1) is 27.0 Å². The van der Waals surface area contributed by atoms with E-state index in [1.165, 1.54) is 5.56 Å². The number of benzene rings is 2. The molecule has 0 amide bonds. The molecule has 0 atom stereocenters. The number of thiazole rings is 1. The fraction of sp³-hybridized carbons (Fsp3) is 0.182. The number of carbonyl (C=O) groups excluding carboxylic acids is 1. The third-order valence-electron chi connectivity index (χ3n) is 5.23. The van der Waals surface area contributed by atoms with Gasteiger partial charge in [0, 0.05) is 29.3 Å². The second kappa shape index (κ2) is 6.06. The van der Waals surface area contributed by atoms with Gasteiger partial charge in [0.1, 0.15) is 5.76 Å². The predicted molar refractivity (Wildman–Crippen MR) is 110 cm³/mol. The number of carbonyl (C=O) groups is 1. The number of rotatable bonds is 2.